The fourth-order valence-corrected chi connectivity index (χ4v) is 2.93. The first kappa shape index (κ1) is 18.4. The van der Waals surface area contributed by atoms with Gasteiger partial charge in [0.15, 0.2) is 5.78 Å². The van der Waals surface area contributed by atoms with Gasteiger partial charge in [0.25, 0.3) is 5.91 Å². The van der Waals surface area contributed by atoms with Gasteiger partial charge in [0.05, 0.1) is 11.4 Å². The topological polar surface area (TPSA) is 92.3 Å². The van der Waals surface area contributed by atoms with Crippen LogP contribution in [0.25, 0.3) is 0 Å². The minimum Gasteiger partial charge on any atom is -0.322 e. The standard InChI is InChI=1S/C18H16N2O4S/c1-3-12-19-25(23,24)17-10-6-15(7-11-17)18(22)20-16-8-4-14(5-9-16)13(2)21/h1,4-11,19H,12H2,2H3,(H,20,22). The Balaban J connectivity index is 2.10. The molecule has 0 spiro atoms. The van der Waals surface area contributed by atoms with Gasteiger partial charge in [-0.3, -0.25) is 9.59 Å². The summed E-state index contributed by atoms with van der Waals surface area (Å²) < 4.78 is 26.1. The molecule has 0 unspecified atom stereocenters. The molecule has 2 N–H and O–H groups in total. The number of nitrogens with one attached hydrogen (secondary N) is 2. The summed E-state index contributed by atoms with van der Waals surface area (Å²) >= 11 is 0. The number of carbonyl (C=O) groups is 2. The third-order valence-corrected chi connectivity index (χ3v) is 4.76. The number of hydrogen-bond donors (Lipinski definition) is 2. The third-order valence-electron chi connectivity index (χ3n) is 3.34. The lowest BCUT2D eigenvalue weighted by Crippen LogP contribution is -2.24. The fraction of sp³-hybridized carbons (Fsp3) is 0.111. The first-order valence-electron chi connectivity index (χ1n) is 7.29. The molecule has 2 rings (SSSR count). The van der Waals surface area contributed by atoms with Gasteiger partial charge in [-0.15, -0.1) is 6.42 Å². The van der Waals surface area contributed by atoms with E-state index in [9.17, 15) is 18.0 Å². The lowest BCUT2D eigenvalue weighted by Gasteiger charge is -2.07. The molecule has 6 nitrogen and oxygen atoms in total. The molecule has 0 aliphatic heterocycles. The maximum atomic E-state index is 12.2. The largest absolute Gasteiger partial charge is 0.322 e. The molecule has 2 aromatic rings. The third kappa shape index (κ3) is 4.76. The second kappa shape index (κ2) is 7.75. The van der Waals surface area contributed by atoms with Gasteiger partial charge in [-0.1, -0.05) is 5.92 Å². The Morgan fingerprint density at radius 3 is 2.08 bits per heavy atom. The Bertz CT molecular complexity index is 925. The summed E-state index contributed by atoms with van der Waals surface area (Å²) in [5.41, 5.74) is 1.38. The van der Waals surface area contributed by atoms with E-state index in [1.807, 2.05) is 0 Å². The quantitative estimate of drug-likeness (QED) is 0.612. The fourth-order valence-electron chi connectivity index (χ4n) is 2.00. The molecule has 0 radical (unpaired) electrons. The van der Waals surface area contributed by atoms with Gasteiger partial charge in [-0.05, 0) is 55.5 Å². The molecular weight excluding hydrogens is 340 g/mol. The molecule has 0 saturated carbocycles. The number of Topliss-reactive ketones (excluding diaryl/α,β-unsaturated/α-hetero) is 1. The highest BCUT2D eigenvalue weighted by Gasteiger charge is 2.14. The molecule has 128 valence electrons. The van der Waals surface area contributed by atoms with Gasteiger partial charge in [-0.25, -0.2) is 8.42 Å². The van der Waals surface area contributed by atoms with Crippen LogP contribution in [0.1, 0.15) is 27.6 Å². The summed E-state index contributed by atoms with van der Waals surface area (Å²) in [6, 6.07) is 11.9. The Morgan fingerprint density at radius 1 is 1.00 bits per heavy atom. The monoisotopic (exact) mass is 356 g/mol. The van der Waals surface area contributed by atoms with Crippen LogP contribution in [0, 0.1) is 12.3 Å². The van der Waals surface area contributed by atoms with Crippen molar-refractivity contribution in [2.75, 3.05) is 11.9 Å². The van der Waals surface area contributed by atoms with Crippen LogP contribution in [0.5, 0.6) is 0 Å². The summed E-state index contributed by atoms with van der Waals surface area (Å²) in [6.45, 7) is 1.35. The van der Waals surface area contributed by atoms with Crippen molar-refractivity contribution in [3.8, 4) is 12.3 Å². The van der Waals surface area contributed by atoms with Crippen molar-refractivity contribution in [3.63, 3.8) is 0 Å². The van der Waals surface area contributed by atoms with Gasteiger partial charge in [0.2, 0.25) is 10.0 Å². The smallest absolute Gasteiger partial charge is 0.255 e. The number of ketones is 1. The lowest BCUT2D eigenvalue weighted by molar-refractivity contribution is 0.101. The highest BCUT2D eigenvalue weighted by molar-refractivity contribution is 7.89. The maximum absolute atomic E-state index is 12.2. The molecular formula is C18H16N2O4S. The predicted molar refractivity (Wildman–Crippen MR) is 94.9 cm³/mol. The van der Waals surface area contributed by atoms with Crippen molar-refractivity contribution < 1.29 is 18.0 Å². The van der Waals surface area contributed by atoms with Crippen molar-refractivity contribution in [1.29, 1.82) is 0 Å². The molecule has 0 saturated heterocycles. The zero-order valence-corrected chi connectivity index (χ0v) is 14.3. The van der Waals surface area contributed by atoms with Gasteiger partial charge in [0, 0.05) is 16.8 Å². The van der Waals surface area contributed by atoms with Crippen LogP contribution in [0.3, 0.4) is 0 Å². The van der Waals surface area contributed by atoms with Crippen LogP contribution >= 0.6 is 0 Å². The maximum Gasteiger partial charge on any atom is 0.255 e. The van der Waals surface area contributed by atoms with E-state index < -0.39 is 15.9 Å². The van der Waals surface area contributed by atoms with Gasteiger partial charge in [0.1, 0.15) is 0 Å². The summed E-state index contributed by atoms with van der Waals surface area (Å²) in [6.07, 6.45) is 5.03. The van der Waals surface area contributed by atoms with E-state index in [0.717, 1.165) is 0 Å². The number of carbonyl (C=O) groups excluding carboxylic acids is 2. The average molecular weight is 356 g/mol. The molecule has 25 heavy (non-hydrogen) atoms. The SMILES string of the molecule is C#CCNS(=O)(=O)c1ccc(C(=O)Nc2ccc(C(C)=O)cc2)cc1. The van der Waals surface area contributed by atoms with Crippen LogP contribution in [0.4, 0.5) is 5.69 Å². The summed E-state index contributed by atoms with van der Waals surface area (Å²) in [4.78, 5) is 23.4. The first-order valence-corrected chi connectivity index (χ1v) is 8.77. The van der Waals surface area contributed by atoms with Gasteiger partial charge < -0.3 is 5.32 Å². The number of hydrogen-bond acceptors (Lipinski definition) is 4. The van der Waals surface area contributed by atoms with E-state index in [1.165, 1.54) is 31.2 Å². The van der Waals surface area contributed by atoms with Crippen molar-refractivity contribution >= 4 is 27.4 Å². The van der Waals surface area contributed by atoms with E-state index in [1.54, 1.807) is 24.3 Å². The molecule has 2 aromatic carbocycles. The number of terminal acetylenes is 1. The molecule has 0 aliphatic carbocycles. The van der Waals surface area contributed by atoms with E-state index in [2.05, 4.69) is 16.0 Å². The lowest BCUT2D eigenvalue weighted by atomic mass is 10.1. The molecule has 0 heterocycles. The van der Waals surface area contributed by atoms with E-state index in [4.69, 9.17) is 6.42 Å². The Kier molecular flexibility index (Phi) is 5.70. The molecule has 1 amide bonds. The van der Waals surface area contributed by atoms with Crippen LogP contribution in [0.2, 0.25) is 0 Å². The van der Waals surface area contributed by atoms with Crippen molar-refractivity contribution in [2.24, 2.45) is 0 Å². The summed E-state index contributed by atoms with van der Waals surface area (Å²) in [5, 5.41) is 2.68. The highest BCUT2D eigenvalue weighted by Crippen LogP contribution is 2.14. The second-order valence-electron chi connectivity index (χ2n) is 5.14. The Morgan fingerprint density at radius 2 is 1.56 bits per heavy atom. The number of anilines is 1. The minimum absolute atomic E-state index is 0.0186. The van der Waals surface area contributed by atoms with E-state index in [0.29, 0.717) is 16.8 Å². The molecule has 7 heteroatoms. The number of benzene rings is 2. The Hall–Kier alpha value is -2.95. The van der Waals surface area contributed by atoms with Crippen molar-refractivity contribution in [1.82, 2.24) is 4.72 Å². The number of sulfonamides is 1. The highest BCUT2D eigenvalue weighted by atomic mass is 32.2. The molecule has 0 aromatic heterocycles. The van der Waals surface area contributed by atoms with E-state index >= 15 is 0 Å². The average Bonchev–Trinajstić information content (AvgIpc) is 2.60. The minimum atomic E-state index is -3.69. The number of amides is 1. The van der Waals surface area contributed by atoms with Crippen LogP contribution in [-0.4, -0.2) is 26.7 Å². The van der Waals surface area contributed by atoms with Gasteiger partial charge in [-0.2, -0.15) is 4.72 Å². The number of rotatable bonds is 6. The molecule has 0 fully saturated rings. The normalized spacial score (nSPS) is 10.7. The van der Waals surface area contributed by atoms with E-state index in [-0.39, 0.29) is 17.2 Å². The second-order valence-corrected chi connectivity index (χ2v) is 6.91. The summed E-state index contributed by atoms with van der Waals surface area (Å²) in [7, 11) is -3.69. The van der Waals surface area contributed by atoms with Crippen molar-refractivity contribution in [3.05, 3.63) is 59.7 Å². The molecule has 0 bridgehead atoms. The van der Waals surface area contributed by atoms with Crippen LogP contribution < -0.4 is 10.0 Å². The zero-order chi connectivity index (χ0) is 18.4. The Labute approximate surface area is 146 Å². The predicted octanol–water partition coefficient (Wildman–Crippen LogP) is 2.05. The van der Waals surface area contributed by atoms with Crippen molar-refractivity contribution in [2.45, 2.75) is 11.8 Å². The summed E-state index contributed by atoms with van der Waals surface area (Å²) in [5.74, 6) is 1.73. The molecule has 0 aliphatic rings. The van der Waals surface area contributed by atoms with Crippen LogP contribution in [-0.2, 0) is 10.0 Å². The zero-order valence-electron chi connectivity index (χ0n) is 13.4. The first-order chi connectivity index (χ1) is 11.8. The van der Waals surface area contributed by atoms with Crippen LogP contribution in [0.15, 0.2) is 53.4 Å². The molecule has 0 atom stereocenters. The van der Waals surface area contributed by atoms with Gasteiger partial charge >= 0.3 is 0 Å².